The van der Waals surface area contributed by atoms with E-state index in [0.717, 1.165) is 64.7 Å². The second kappa shape index (κ2) is 11.3. The molecule has 33 heavy (non-hydrogen) atoms. The number of anilines is 1. The van der Waals surface area contributed by atoms with E-state index in [2.05, 4.69) is 11.8 Å². The monoisotopic (exact) mass is 458 g/mol. The molecular formula is C26H39FN4O2. The average molecular weight is 459 g/mol. The molecule has 0 saturated carbocycles. The maximum Gasteiger partial charge on any atom is 0.225 e. The minimum absolute atomic E-state index is 0.108. The third kappa shape index (κ3) is 5.86. The van der Waals surface area contributed by atoms with E-state index in [9.17, 15) is 14.0 Å². The Labute approximate surface area is 197 Å². The number of amides is 2. The molecule has 1 aromatic carbocycles. The number of nitrogens with zero attached hydrogens (tertiary/aromatic N) is 4. The summed E-state index contributed by atoms with van der Waals surface area (Å²) in [4.78, 5) is 34.0. The van der Waals surface area contributed by atoms with E-state index in [-0.39, 0.29) is 17.6 Å². The van der Waals surface area contributed by atoms with Crippen molar-refractivity contribution in [1.29, 1.82) is 0 Å². The molecule has 3 fully saturated rings. The summed E-state index contributed by atoms with van der Waals surface area (Å²) in [5.41, 5.74) is 0.635. The van der Waals surface area contributed by atoms with E-state index in [1.165, 1.54) is 6.07 Å². The molecule has 3 aliphatic rings. The van der Waals surface area contributed by atoms with Gasteiger partial charge in [-0.05, 0) is 57.3 Å². The molecule has 0 N–H and O–H groups in total. The lowest BCUT2D eigenvalue weighted by atomic mass is 9.92. The number of carbonyl (C=O) groups is 2. The fourth-order valence-corrected chi connectivity index (χ4v) is 5.61. The highest BCUT2D eigenvalue weighted by Crippen LogP contribution is 2.27. The highest BCUT2D eigenvalue weighted by molar-refractivity contribution is 5.79. The number of carbonyl (C=O) groups excluding carboxylic acids is 2. The molecule has 0 atom stereocenters. The summed E-state index contributed by atoms with van der Waals surface area (Å²) in [6, 6.07) is 7.42. The number of piperazine rings is 1. The number of hydrogen-bond donors (Lipinski definition) is 0. The number of benzene rings is 1. The lowest BCUT2D eigenvalue weighted by molar-refractivity contribution is -0.138. The molecule has 2 amide bonds. The molecule has 7 heteroatoms. The Balaban J connectivity index is 1.19. The van der Waals surface area contributed by atoms with Gasteiger partial charge in [0.1, 0.15) is 5.82 Å². The smallest absolute Gasteiger partial charge is 0.225 e. The lowest BCUT2D eigenvalue weighted by Gasteiger charge is -2.43. The van der Waals surface area contributed by atoms with Crippen LogP contribution in [0.5, 0.6) is 0 Å². The number of unbranched alkanes of at least 4 members (excludes halogenated alkanes) is 1. The Morgan fingerprint density at radius 2 is 1.55 bits per heavy atom. The van der Waals surface area contributed by atoms with Crippen LogP contribution < -0.4 is 4.90 Å². The van der Waals surface area contributed by atoms with Crippen LogP contribution in [0, 0.1) is 11.7 Å². The Morgan fingerprint density at radius 1 is 0.879 bits per heavy atom. The van der Waals surface area contributed by atoms with Gasteiger partial charge in [-0.2, -0.15) is 0 Å². The fourth-order valence-electron chi connectivity index (χ4n) is 5.61. The van der Waals surface area contributed by atoms with E-state index < -0.39 is 0 Å². The second-order valence-electron chi connectivity index (χ2n) is 9.79. The van der Waals surface area contributed by atoms with Gasteiger partial charge in [0.05, 0.1) is 5.69 Å². The van der Waals surface area contributed by atoms with Gasteiger partial charge >= 0.3 is 0 Å². The first kappa shape index (κ1) is 24.0. The van der Waals surface area contributed by atoms with E-state index >= 15 is 0 Å². The van der Waals surface area contributed by atoms with Crippen LogP contribution in [0.2, 0.25) is 0 Å². The van der Waals surface area contributed by atoms with Crippen molar-refractivity contribution in [2.24, 2.45) is 5.92 Å². The summed E-state index contributed by atoms with van der Waals surface area (Å²) < 4.78 is 14.1. The van der Waals surface area contributed by atoms with Crippen LogP contribution in [-0.4, -0.2) is 84.9 Å². The molecular weight excluding hydrogens is 419 g/mol. The predicted molar refractivity (Wildman–Crippen MR) is 129 cm³/mol. The SMILES string of the molecule is CCCCC(=O)N1CCC(N2CCC(C(=O)N3CCN(c4ccccc4F)CC3)CC2)CC1. The summed E-state index contributed by atoms with van der Waals surface area (Å²) in [7, 11) is 0. The number of rotatable bonds is 6. The largest absolute Gasteiger partial charge is 0.366 e. The zero-order valence-electron chi connectivity index (χ0n) is 20.1. The minimum atomic E-state index is -0.194. The lowest BCUT2D eigenvalue weighted by Crippen LogP contribution is -2.53. The van der Waals surface area contributed by atoms with E-state index in [1.807, 2.05) is 26.8 Å². The van der Waals surface area contributed by atoms with Crippen LogP contribution in [0.25, 0.3) is 0 Å². The normalized spacial score (nSPS) is 21.5. The van der Waals surface area contributed by atoms with Crippen molar-refractivity contribution >= 4 is 17.5 Å². The van der Waals surface area contributed by atoms with Gasteiger partial charge in [0.2, 0.25) is 11.8 Å². The van der Waals surface area contributed by atoms with Crippen LogP contribution in [0.3, 0.4) is 0 Å². The van der Waals surface area contributed by atoms with Crippen molar-refractivity contribution in [2.45, 2.75) is 57.9 Å². The van der Waals surface area contributed by atoms with Gasteiger partial charge in [0.15, 0.2) is 0 Å². The molecule has 0 radical (unpaired) electrons. The molecule has 0 unspecified atom stereocenters. The fraction of sp³-hybridized carbons (Fsp3) is 0.692. The molecule has 3 saturated heterocycles. The number of piperidine rings is 2. The van der Waals surface area contributed by atoms with Crippen molar-refractivity contribution in [2.75, 3.05) is 57.3 Å². The first-order chi connectivity index (χ1) is 16.1. The van der Waals surface area contributed by atoms with Gasteiger partial charge in [-0.25, -0.2) is 4.39 Å². The van der Waals surface area contributed by atoms with Crippen molar-refractivity contribution in [3.8, 4) is 0 Å². The summed E-state index contributed by atoms with van der Waals surface area (Å²) >= 11 is 0. The van der Waals surface area contributed by atoms with Crippen molar-refractivity contribution in [3.63, 3.8) is 0 Å². The van der Waals surface area contributed by atoms with Gasteiger partial charge < -0.3 is 19.6 Å². The highest BCUT2D eigenvalue weighted by Gasteiger charge is 2.34. The summed E-state index contributed by atoms with van der Waals surface area (Å²) in [6.45, 7) is 8.51. The van der Waals surface area contributed by atoms with Crippen LogP contribution in [-0.2, 0) is 9.59 Å². The first-order valence-corrected chi connectivity index (χ1v) is 12.9. The third-order valence-electron chi connectivity index (χ3n) is 7.74. The minimum Gasteiger partial charge on any atom is -0.366 e. The number of likely N-dealkylation sites (tertiary alicyclic amines) is 2. The third-order valence-corrected chi connectivity index (χ3v) is 7.74. The summed E-state index contributed by atoms with van der Waals surface area (Å²) in [5, 5.41) is 0. The first-order valence-electron chi connectivity index (χ1n) is 12.9. The zero-order chi connectivity index (χ0) is 23.2. The average Bonchev–Trinajstić information content (AvgIpc) is 2.87. The molecule has 0 aromatic heterocycles. The van der Waals surface area contributed by atoms with Crippen molar-refractivity contribution in [3.05, 3.63) is 30.1 Å². The Bertz CT molecular complexity index is 795. The molecule has 3 heterocycles. The molecule has 4 rings (SSSR count). The van der Waals surface area contributed by atoms with Gasteiger partial charge in [-0.3, -0.25) is 9.59 Å². The van der Waals surface area contributed by atoms with Crippen molar-refractivity contribution < 1.29 is 14.0 Å². The van der Waals surface area contributed by atoms with Gasteiger partial charge in [0.25, 0.3) is 0 Å². The number of hydrogen-bond acceptors (Lipinski definition) is 4. The van der Waals surface area contributed by atoms with E-state index in [0.29, 0.717) is 50.2 Å². The number of halogens is 1. The molecule has 0 bridgehead atoms. The van der Waals surface area contributed by atoms with Gasteiger partial charge in [-0.15, -0.1) is 0 Å². The van der Waals surface area contributed by atoms with Gasteiger partial charge in [0, 0.05) is 57.6 Å². The Kier molecular flexibility index (Phi) is 8.23. The van der Waals surface area contributed by atoms with Crippen LogP contribution >= 0.6 is 0 Å². The summed E-state index contributed by atoms with van der Waals surface area (Å²) in [6.07, 6.45) is 6.67. The number of para-hydroxylation sites is 1. The molecule has 6 nitrogen and oxygen atoms in total. The quantitative estimate of drug-likeness (QED) is 0.656. The molecule has 182 valence electrons. The maximum absolute atomic E-state index is 14.1. The Morgan fingerprint density at radius 3 is 2.18 bits per heavy atom. The van der Waals surface area contributed by atoms with Crippen LogP contribution in [0.4, 0.5) is 10.1 Å². The predicted octanol–water partition coefficient (Wildman–Crippen LogP) is 3.37. The topological polar surface area (TPSA) is 47.1 Å². The molecule has 0 spiro atoms. The van der Waals surface area contributed by atoms with E-state index in [4.69, 9.17) is 0 Å². The summed E-state index contributed by atoms with van der Waals surface area (Å²) in [5.74, 6) is 0.506. The maximum atomic E-state index is 14.1. The van der Waals surface area contributed by atoms with E-state index in [1.54, 1.807) is 6.07 Å². The van der Waals surface area contributed by atoms with Crippen LogP contribution in [0.1, 0.15) is 51.9 Å². The van der Waals surface area contributed by atoms with Crippen molar-refractivity contribution in [1.82, 2.24) is 14.7 Å². The van der Waals surface area contributed by atoms with Crippen LogP contribution in [0.15, 0.2) is 24.3 Å². The standard InChI is InChI=1S/C26H39FN4O2/c1-2-3-8-25(32)30-15-11-22(12-16-30)28-13-9-21(10-14-28)26(33)31-19-17-29(18-20-31)24-7-5-4-6-23(24)27/h4-7,21-22H,2-3,8-20H2,1H3. The zero-order valence-corrected chi connectivity index (χ0v) is 20.1. The Hall–Kier alpha value is -2.15. The molecule has 1 aromatic rings. The molecule has 0 aliphatic carbocycles. The second-order valence-corrected chi connectivity index (χ2v) is 9.79. The molecule has 3 aliphatic heterocycles. The highest BCUT2D eigenvalue weighted by atomic mass is 19.1. The van der Waals surface area contributed by atoms with Gasteiger partial charge in [-0.1, -0.05) is 25.5 Å².